The SMILES string of the molecule is O=C1C/C(=C/c2ccccc2OCc2ccccc2)C(=O)N1c1cccc(Cl)c1. The molecule has 1 heterocycles. The molecule has 0 bridgehead atoms. The molecule has 3 aromatic carbocycles. The van der Waals surface area contributed by atoms with Gasteiger partial charge in [-0.15, -0.1) is 0 Å². The van der Waals surface area contributed by atoms with Crippen LogP contribution in [0.15, 0.2) is 84.4 Å². The highest BCUT2D eigenvalue weighted by molar-refractivity contribution is 6.32. The smallest absolute Gasteiger partial charge is 0.261 e. The standard InChI is InChI=1S/C24H18ClNO3/c25-20-10-6-11-21(15-20)26-23(27)14-19(24(26)28)13-18-9-4-5-12-22(18)29-16-17-7-2-1-3-8-17/h1-13,15H,14,16H2/b19-13-. The zero-order chi connectivity index (χ0) is 20.2. The van der Waals surface area contributed by atoms with E-state index in [2.05, 4.69) is 0 Å². The largest absolute Gasteiger partial charge is 0.488 e. The lowest BCUT2D eigenvalue weighted by Crippen LogP contribution is -2.28. The van der Waals surface area contributed by atoms with E-state index in [1.54, 1.807) is 30.3 Å². The van der Waals surface area contributed by atoms with Crippen LogP contribution in [0.25, 0.3) is 6.08 Å². The Bertz CT molecular complexity index is 1090. The summed E-state index contributed by atoms with van der Waals surface area (Å²) < 4.78 is 5.95. The molecule has 0 unspecified atom stereocenters. The van der Waals surface area contributed by atoms with Gasteiger partial charge in [0, 0.05) is 16.2 Å². The third kappa shape index (κ3) is 4.23. The monoisotopic (exact) mass is 403 g/mol. The molecule has 0 atom stereocenters. The van der Waals surface area contributed by atoms with Crippen molar-refractivity contribution in [2.24, 2.45) is 0 Å². The summed E-state index contributed by atoms with van der Waals surface area (Å²) in [5, 5.41) is 0.472. The van der Waals surface area contributed by atoms with Crippen molar-refractivity contribution < 1.29 is 14.3 Å². The second-order valence-corrected chi connectivity index (χ2v) is 7.11. The summed E-state index contributed by atoms with van der Waals surface area (Å²) in [4.78, 5) is 26.5. The third-order valence-electron chi connectivity index (χ3n) is 4.62. The number of hydrogen-bond acceptors (Lipinski definition) is 3. The maximum absolute atomic E-state index is 12.9. The maximum atomic E-state index is 12.9. The second kappa shape index (κ2) is 8.33. The fourth-order valence-electron chi connectivity index (χ4n) is 3.22. The number of benzene rings is 3. The van der Waals surface area contributed by atoms with Crippen LogP contribution in [0.1, 0.15) is 17.5 Å². The van der Waals surface area contributed by atoms with E-state index in [1.807, 2.05) is 54.6 Å². The normalized spacial score (nSPS) is 15.2. The lowest BCUT2D eigenvalue weighted by molar-refractivity contribution is -0.120. The van der Waals surface area contributed by atoms with Gasteiger partial charge < -0.3 is 4.74 Å². The first-order valence-corrected chi connectivity index (χ1v) is 9.59. The topological polar surface area (TPSA) is 46.6 Å². The van der Waals surface area contributed by atoms with Gasteiger partial charge in [-0.25, -0.2) is 4.90 Å². The first kappa shape index (κ1) is 19.0. The molecule has 2 amide bonds. The molecule has 5 heteroatoms. The van der Waals surface area contributed by atoms with Crippen LogP contribution >= 0.6 is 11.6 Å². The molecule has 0 spiro atoms. The fraction of sp³-hybridized carbons (Fsp3) is 0.0833. The third-order valence-corrected chi connectivity index (χ3v) is 4.86. The maximum Gasteiger partial charge on any atom is 0.261 e. The number of nitrogens with zero attached hydrogens (tertiary/aromatic N) is 1. The zero-order valence-electron chi connectivity index (χ0n) is 15.5. The van der Waals surface area contributed by atoms with Gasteiger partial charge in [0.25, 0.3) is 5.91 Å². The van der Waals surface area contributed by atoms with E-state index in [1.165, 1.54) is 4.90 Å². The molecule has 0 aliphatic carbocycles. The predicted molar refractivity (Wildman–Crippen MR) is 114 cm³/mol. The first-order chi connectivity index (χ1) is 14.1. The zero-order valence-corrected chi connectivity index (χ0v) is 16.3. The van der Waals surface area contributed by atoms with Crippen LogP contribution in [-0.2, 0) is 16.2 Å². The first-order valence-electron chi connectivity index (χ1n) is 9.21. The van der Waals surface area contributed by atoms with E-state index in [-0.39, 0.29) is 18.2 Å². The van der Waals surface area contributed by atoms with Crippen molar-refractivity contribution in [1.29, 1.82) is 0 Å². The predicted octanol–water partition coefficient (Wildman–Crippen LogP) is 5.27. The molecule has 0 N–H and O–H groups in total. The molecule has 0 radical (unpaired) electrons. The van der Waals surface area contributed by atoms with Crippen molar-refractivity contribution in [1.82, 2.24) is 0 Å². The molecule has 4 rings (SSSR count). The summed E-state index contributed by atoms with van der Waals surface area (Å²) in [5.41, 5.74) is 2.71. The molecule has 144 valence electrons. The van der Waals surface area contributed by atoms with Crippen LogP contribution < -0.4 is 9.64 Å². The van der Waals surface area contributed by atoms with E-state index >= 15 is 0 Å². The van der Waals surface area contributed by atoms with E-state index < -0.39 is 0 Å². The van der Waals surface area contributed by atoms with Gasteiger partial charge in [0.05, 0.1) is 12.1 Å². The number of hydrogen-bond donors (Lipinski definition) is 0. The van der Waals surface area contributed by atoms with Gasteiger partial charge in [-0.3, -0.25) is 9.59 Å². The van der Waals surface area contributed by atoms with Crippen LogP contribution in [0.3, 0.4) is 0 Å². The number of para-hydroxylation sites is 1. The van der Waals surface area contributed by atoms with Gasteiger partial charge in [0.15, 0.2) is 0 Å². The number of ether oxygens (including phenoxy) is 1. The van der Waals surface area contributed by atoms with Gasteiger partial charge in [-0.1, -0.05) is 66.2 Å². The van der Waals surface area contributed by atoms with Crippen molar-refractivity contribution >= 4 is 35.2 Å². The Morgan fingerprint density at radius 3 is 2.48 bits per heavy atom. The number of carbonyl (C=O) groups is 2. The molecule has 0 aromatic heterocycles. The molecule has 1 fully saturated rings. The molecular weight excluding hydrogens is 386 g/mol. The minimum absolute atomic E-state index is 0.0400. The molecule has 1 aliphatic heterocycles. The van der Waals surface area contributed by atoms with Crippen LogP contribution in [-0.4, -0.2) is 11.8 Å². The van der Waals surface area contributed by atoms with Gasteiger partial charge in [-0.05, 0) is 35.9 Å². The Morgan fingerprint density at radius 1 is 0.931 bits per heavy atom. The molecule has 29 heavy (non-hydrogen) atoms. The lowest BCUT2D eigenvalue weighted by atomic mass is 10.1. The number of imide groups is 1. The van der Waals surface area contributed by atoms with E-state index in [0.717, 1.165) is 11.1 Å². The quantitative estimate of drug-likeness (QED) is 0.431. The minimum atomic E-state index is -0.338. The van der Waals surface area contributed by atoms with E-state index in [0.29, 0.717) is 28.6 Å². The van der Waals surface area contributed by atoms with E-state index in [4.69, 9.17) is 16.3 Å². The minimum Gasteiger partial charge on any atom is -0.488 e. The second-order valence-electron chi connectivity index (χ2n) is 6.67. The Balaban J connectivity index is 1.58. The highest BCUT2D eigenvalue weighted by atomic mass is 35.5. The van der Waals surface area contributed by atoms with Gasteiger partial charge >= 0.3 is 0 Å². The van der Waals surface area contributed by atoms with Gasteiger partial charge in [0.1, 0.15) is 12.4 Å². The summed E-state index contributed by atoms with van der Waals surface area (Å²) in [6.45, 7) is 0.419. The number of anilines is 1. The van der Waals surface area contributed by atoms with Crippen molar-refractivity contribution in [2.45, 2.75) is 13.0 Å². The molecular formula is C24H18ClNO3. The summed E-state index contributed by atoms with van der Waals surface area (Å²) in [7, 11) is 0. The number of amides is 2. The Morgan fingerprint density at radius 2 is 1.69 bits per heavy atom. The molecule has 0 saturated carbocycles. The van der Waals surface area contributed by atoms with Crippen LogP contribution in [0.4, 0.5) is 5.69 Å². The average Bonchev–Trinajstić information content (AvgIpc) is 3.01. The number of rotatable bonds is 5. The van der Waals surface area contributed by atoms with Crippen molar-refractivity contribution in [3.8, 4) is 5.75 Å². The Kier molecular flexibility index (Phi) is 5.45. The fourth-order valence-corrected chi connectivity index (χ4v) is 3.40. The molecule has 3 aromatic rings. The summed E-state index contributed by atoms with van der Waals surface area (Å²) in [5.74, 6) is 0.0478. The highest BCUT2D eigenvalue weighted by Crippen LogP contribution is 2.31. The summed E-state index contributed by atoms with van der Waals surface area (Å²) >= 11 is 6.01. The average molecular weight is 404 g/mol. The highest BCUT2D eigenvalue weighted by Gasteiger charge is 2.35. The molecule has 1 saturated heterocycles. The van der Waals surface area contributed by atoms with Gasteiger partial charge in [0.2, 0.25) is 5.91 Å². The summed E-state index contributed by atoms with van der Waals surface area (Å²) in [6, 6.07) is 24.0. The Hall–Kier alpha value is -3.37. The van der Waals surface area contributed by atoms with Crippen LogP contribution in [0, 0.1) is 0 Å². The van der Waals surface area contributed by atoms with Crippen LogP contribution in [0.5, 0.6) is 5.75 Å². The lowest BCUT2D eigenvalue weighted by Gasteiger charge is -2.13. The number of carbonyl (C=O) groups excluding carboxylic acids is 2. The molecule has 1 aliphatic rings. The van der Waals surface area contributed by atoms with Crippen molar-refractivity contribution in [3.05, 3.63) is 101 Å². The number of halogens is 1. The van der Waals surface area contributed by atoms with Crippen LogP contribution in [0.2, 0.25) is 5.02 Å². The van der Waals surface area contributed by atoms with Crippen molar-refractivity contribution in [2.75, 3.05) is 4.90 Å². The Labute approximate surface area is 174 Å². The molecule has 4 nitrogen and oxygen atoms in total. The van der Waals surface area contributed by atoms with Crippen molar-refractivity contribution in [3.63, 3.8) is 0 Å². The van der Waals surface area contributed by atoms with E-state index in [9.17, 15) is 9.59 Å². The van der Waals surface area contributed by atoms with Gasteiger partial charge in [-0.2, -0.15) is 0 Å². The summed E-state index contributed by atoms with van der Waals surface area (Å²) in [6.07, 6.45) is 1.77.